The van der Waals surface area contributed by atoms with E-state index in [9.17, 15) is 0 Å². The Bertz CT molecular complexity index is 323. The van der Waals surface area contributed by atoms with Crippen molar-refractivity contribution < 1.29 is 0 Å². The Balaban J connectivity index is 2.06. The minimum absolute atomic E-state index is 0.614. The van der Waals surface area contributed by atoms with Gasteiger partial charge in [0.2, 0.25) is 0 Å². The molecule has 2 rings (SSSR count). The van der Waals surface area contributed by atoms with Gasteiger partial charge >= 0.3 is 0 Å². The van der Waals surface area contributed by atoms with E-state index in [1.54, 1.807) is 0 Å². The van der Waals surface area contributed by atoms with Gasteiger partial charge in [-0.2, -0.15) is 11.3 Å². The summed E-state index contributed by atoms with van der Waals surface area (Å²) in [6.45, 7) is 5.79. The third-order valence-corrected chi connectivity index (χ3v) is 4.68. The number of nitrogens with zero attached hydrogens (tertiary/aromatic N) is 1. The highest BCUT2D eigenvalue weighted by molar-refractivity contribution is 7.07. The Hall–Kier alpha value is -0.380. The maximum absolute atomic E-state index is 3.62. The van der Waals surface area contributed by atoms with Crippen molar-refractivity contribution in [2.75, 3.05) is 26.7 Å². The molecule has 1 aliphatic rings. The molecule has 0 bridgehead atoms. The molecular formula is C15H26N2S. The van der Waals surface area contributed by atoms with Crippen molar-refractivity contribution in [3.05, 3.63) is 22.4 Å². The molecule has 102 valence electrons. The standard InChI is InChI=1S/C15H26N2S/c1-3-8-16-11-13-6-4-5-9-17(2)15(13)14-7-10-18-12-14/h7,10,12-13,15-16H,3-6,8-9,11H2,1-2H3. The van der Waals surface area contributed by atoms with Gasteiger partial charge in [-0.3, -0.25) is 4.90 Å². The molecule has 0 aliphatic carbocycles. The summed E-state index contributed by atoms with van der Waals surface area (Å²) < 4.78 is 0. The summed E-state index contributed by atoms with van der Waals surface area (Å²) in [5, 5.41) is 8.17. The van der Waals surface area contributed by atoms with Gasteiger partial charge in [0.05, 0.1) is 0 Å². The van der Waals surface area contributed by atoms with Crippen LogP contribution in [0.1, 0.15) is 44.2 Å². The lowest BCUT2D eigenvalue weighted by atomic mass is 9.90. The Morgan fingerprint density at radius 1 is 1.44 bits per heavy atom. The van der Waals surface area contributed by atoms with Crippen LogP contribution in [0.25, 0.3) is 0 Å². The first-order valence-corrected chi connectivity index (χ1v) is 8.20. The van der Waals surface area contributed by atoms with E-state index in [2.05, 4.69) is 41.0 Å². The van der Waals surface area contributed by atoms with Gasteiger partial charge in [-0.15, -0.1) is 0 Å². The lowest BCUT2D eigenvalue weighted by Crippen LogP contribution is -2.34. The van der Waals surface area contributed by atoms with Gasteiger partial charge in [-0.05, 0) is 74.3 Å². The van der Waals surface area contributed by atoms with E-state index in [4.69, 9.17) is 0 Å². The minimum Gasteiger partial charge on any atom is -0.316 e. The van der Waals surface area contributed by atoms with E-state index in [1.165, 1.54) is 44.3 Å². The average molecular weight is 266 g/mol. The van der Waals surface area contributed by atoms with Crippen molar-refractivity contribution in [2.45, 2.75) is 38.6 Å². The molecule has 2 nitrogen and oxygen atoms in total. The largest absolute Gasteiger partial charge is 0.316 e. The highest BCUT2D eigenvalue weighted by atomic mass is 32.1. The second-order valence-electron chi connectivity index (χ2n) is 5.44. The molecule has 0 aromatic carbocycles. The summed E-state index contributed by atoms with van der Waals surface area (Å²) in [4.78, 5) is 2.56. The lowest BCUT2D eigenvalue weighted by molar-refractivity contribution is 0.189. The van der Waals surface area contributed by atoms with Crippen LogP contribution in [0.3, 0.4) is 0 Å². The maximum Gasteiger partial charge on any atom is 0.0393 e. The molecule has 18 heavy (non-hydrogen) atoms. The molecule has 0 amide bonds. The predicted octanol–water partition coefficient (Wildman–Crippen LogP) is 3.52. The van der Waals surface area contributed by atoms with E-state index in [-0.39, 0.29) is 0 Å². The van der Waals surface area contributed by atoms with E-state index in [0.29, 0.717) is 6.04 Å². The van der Waals surface area contributed by atoms with E-state index in [0.717, 1.165) is 12.5 Å². The number of rotatable bonds is 5. The van der Waals surface area contributed by atoms with Crippen LogP contribution in [-0.2, 0) is 0 Å². The molecule has 1 saturated heterocycles. The maximum atomic E-state index is 3.62. The van der Waals surface area contributed by atoms with E-state index in [1.807, 2.05) is 11.3 Å². The fourth-order valence-electron chi connectivity index (χ4n) is 3.07. The molecule has 1 N–H and O–H groups in total. The Morgan fingerprint density at radius 3 is 3.06 bits per heavy atom. The number of thiophene rings is 1. The van der Waals surface area contributed by atoms with Crippen LogP contribution >= 0.6 is 11.3 Å². The van der Waals surface area contributed by atoms with Crippen LogP contribution < -0.4 is 5.32 Å². The first kappa shape index (κ1) is 14.0. The van der Waals surface area contributed by atoms with Crippen LogP contribution in [0.2, 0.25) is 0 Å². The molecular weight excluding hydrogens is 240 g/mol. The van der Waals surface area contributed by atoms with Crippen LogP contribution in [-0.4, -0.2) is 31.6 Å². The quantitative estimate of drug-likeness (QED) is 0.820. The van der Waals surface area contributed by atoms with Crippen LogP contribution in [0.15, 0.2) is 16.8 Å². The van der Waals surface area contributed by atoms with Crippen molar-refractivity contribution in [1.29, 1.82) is 0 Å². The van der Waals surface area contributed by atoms with Gasteiger partial charge < -0.3 is 5.32 Å². The first-order valence-electron chi connectivity index (χ1n) is 7.26. The lowest BCUT2D eigenvalue weighted by Gasteiger charge is -2.32. The van der Waals surface area contributed by atoms with Crippen LogP contribution in [0, 0.1) is 5.92 Å². The molecule has 0 saturated carbocycles. The molecule has 1 aromatic heterocycles. The van der Waals surface area contributed by atoms with Crippen molar-refractivity contribution in [1.82, 2.24) is 10.2 Å². The Labute approximate surface area is 115 Å². The fourth-order valence-corrected chi connectivity index (χ4v) is 3.76. The Morgan fingerprint density at radius 2 is 2.33 bits per heavy atom. The van der Waals surface area contributed by atoms with Gasteiger partial charge in [-0.1, -0.05) is 13.3 Å². The third kappa shape index (κ3) is 3.56. The zero-order valence-corrected chi connectivity index (χ0v) is 12.5. The molecule has 1 aromatic rings. The summed E-state index contributed by atoms with van der Waals surface area (Å²) in [6, 6.07) is 2.92. The van der Waals surface area contributed by atoms with Gasteiger partial charge in [-0.25, -0.2) is 0 Å². The second-order valence-corrected chi connectivity index (χ2v) is 6.22. The monoisotopic (exact) mass is 266 g/mol. The average Bonchev–Trinajstić information content (AvgIpc) is 2.82. The molecule has 2 unspecified atom stereocenters. The molecule has 2 heterocycles. The topological polar surface area (TPSA) is 15.3 Å². The Kier molecular flexibility index (Phi) is 5.67. The summed E-state index contributed by atoms with van der Waals surface area (Å²) >= 11 is 1.83. The van der Waals surface area contributed by atoms with Gasteiger partial charge in [0.25, 0.3) is 0 Å². The predicted molar refractivity (Wildman–Crippen MR) is 80.2 cm³/mol. The third-order valence-electron chi connectivity index (χ3n) is 3.98. The molecule has 3 heteroatoms. The normalized spacial score (nSPS) is 26.1. The number of likely N-dealkylation sites (tertiary alicyclic amines) is 1. The van der Waals surface area contributed by atoms with Crippen LogP contribution in [0.4, 0.5) is 0 Å². The van der Waals surface area contributed by atoms with Crippen molar-refractivity contribution in [3.8, 4) is 0 Å². The smallest absolute Gasteiger partial charge is 0.0393 e. The molecule has 2 atom stereocenters. The molecule has 0 spiro atoms. The zero-order chi connectivity index (χ0) is 12.8. The summed E-state index contributed by atoms with van der Waals surface area (Å²) in [5.74, 6) is 0.763. The summed E-state index contributed by atoms with van der Waals surface area (Å²) in [5.41, 5.74) is 1.52. The zero-order valence-electron chi connectivity index (χ0n) is 11.7. The van der Waals surface area contributed by atoms with Gasteiger partial charge in [0.1, 0.15) is 0 Å². The van der Waals surface area contributed by atoms with Crippen molar-refractivity contribution >= 4 is 11.3 Å². The molecule has 0 radical (unpaired) electrons. The SMILES string of the molecule is CCCNCC1CCCCN(C)C1c1ccsc1. The summed E-state index contributed by atoms with van der Waals surface area (Å²) in [6.07, 6.45) is 5.32. The fraction of sp³-hybridized carbons (Fsp3) is 0.733. The number of hydrogen-bond acceptors (Lipinski definition) is 3. The van der Waals surface area contributed by atoms with Crippen LogP contribution in [0.5, 0.6) is 0 Å². The van der Waals surface area contributed by atoms with Crippen molar-refractivity contribution in [3.63, 3.8) is 0 Å². The highest BCUT2D eigenvalue weighted by Gasteiger charge is 2.28. The molecule has 1 aliphatic heterocycles. The highest BCUT2D eigenvalue weighted by Crippen LogP contribution is 2.34. The first-order chi connectivity index (χ1) is 8.83. The van der Waals surface area contributed by atoms with Gasteiger partial charge in [0, 0.05) is 6.04 Å². The molecule has 1 fully saturated rings. The van der Waals surface area contributed by atoms with E-state index >= 15 is 0 Å². The second kappa shape index (κ2) is 7.27. The minimum atomic E-state index is 0.614. The van der Waals surface area contributed by atoms with Crippen molar-refractivity contribution in [2.24, 2.45) is 5.92 Å². The van der Waals surface area contributed by atoms with E-state index < -0.39 is 0 Å². The van der Waals surface area contributed by atoms with Gasteiger partial charge in [0.15, 0.2) is 0 Å². The summed E-state index contributed by atoms with van der Waals surface area (Å²) in [7, 11) is 2.29. The number of hydrogen-bond donors (Lipinski definition) is 1. The number of nitrogens with one attached hydrogen (secondary N) is 1.